The molecule has 75 heavy (non-hydrogen) atoms. The Balaban J connectivity index is 1.10. The first kappa shape index (κ1) is 44.4. The standard InChI is InChI=1S/C70H52N2O3/c1-43(2)45-35-39-49(40-36-45)71(60-32-17-30-57-55-28-15-26-51(66(55)74-68(57)60)47-19-7-5-8-20-47)64-53-23-11-12-24-54(53)65(70-63(64)59-25-13-14-34-62(59)73-70)72(50-41-37-46(38-42-50)44(3)4)61-33-18-31-58-56-29-16-27-52(67(56)75-69(58)61)48-21-9-6-10-22-48/h5-44H,1-4H3. The molecule has 0 spiro atoms. The van der Waals surface area contributed by atoms with Crippen molar-refractivity contribution in [3.8, 4) is 22.3 Å². The first-order valence-electron chi connectivity index (χ1n) is 26.0. The molecule has 360 valence electrons. The van der Waals surface area contributed by atoms with Crippen LogP contribution in [0.15, 0.2) is 244 Å². The highest BCUT2D eigenvalue weighted by Gasteiger charge is 2.32. The quantitative estimate of drug-likeness (QED) is 0.128. The van der Waals surface area contributed by atoms with Crippen LogP contribution in [0.2, 0.25) is 0 Å². The molecule has 0 bridgehead atoms. The molecule has 0 saturated carbocycles. The van der Waals surface area contributed by atoms with Crippen LogP contribution in [0.5, 0.6) is 0 Å². The summed E-state index contributed by atoms with van der Waals surface area (Å²) in [6.45, 7) is 8.98. The average molecular weight is 969 g/mol. The van der Waals surface area contributed by atoms with Gasteiger partial charge < -0.3 is 23.1 Å². The van der Waals surface area contributed by atoms with Gasteiger partial charge in [-0.15, -0.1) is 0 Å². The van der Waals surface area contributed by atoms with Crippen LogP contribution in [-0.4, -0.2) is 0 Å². The van der Waals surface area contributed by atoms with Crippen LogP contribution in [-0.2, 0) is 0 Å². The monoisotopic (exact) mass is 968 g/mol. The Morgan fingerprint density at radius 3 is 1.16 bits per heavy atom. The van der Waals surface area contributed by atoms with E-state index in [0.717, 1.165) is 133 Å². The van der Waals surface area contributed by atoms with Crippen molar-refractivity contribution in [2.75, 3.05) is 9.80 Å². The highest BCUT2D eigenvalue weighted by molar-refractivity contribution is 6.29. The Kier molecular flexibility index (Phi) is 10.5. The maximum absolute atomic E-state index is 7.42. The van der Waals surface area contributed by atoms with Crippen molar-refractivity contribution in [2.45, 2.75) is 39.5 Å². The second-order valence-electron chi connectivity index (χ2n) is 20.3. The molecule has 0 atom stereocenters. The summed E-state index contributed by atoms with van der Waals surface area (Å²) in [5.41, 5.74) is 17.4. The van der Waals surface area contributed by atoms with Crippen molar-refractivity contribution in [2.24, 2.45) is 0 Å². The molecule has 14 aromatic rings. The van der Waals surface area contributed by atoms with Gasteiger partial charge >= 0.3 is 0 Å². The Bertz CT molecular complexity index is 4470. The van der Waals surface area contributed by atoms with Crippen LogP contribution < -0.4 is 9.80 Å². The summed E-state index contributed by atoms with van der Waals surface area (Å²) in [7, 11) is 0. The summed E-state index contributed by atoms with van der Waals surface area (Å²) in [5, 5.41) is 8.26. The first-order valence-corrected chi connectivity index (χ1v) is 26.0. The van der Waals surface area contributed by atoms with Crippen LogP contribution in [0, 0.1) is 0 Å². The lowest BCUT2D eigenvalue weighted by Crippen LogP contribution is -2.14. The molecule has 11 aromatic carbocycles. The van der Waals surface area contributed by atoms with Crippen molar-refractivity contribution >= 4 is 111 Å². The Hall–Kier alpha value is -9.32. The molecule has 0 radical (unpaired) electrons. The molecule has 3 heterocycles. The van der Waals surface area contributed by atoms with Crippen molar-refractivity contribution in [3.63, 3.8) is 0 Å². The zero-order valence-corrected chi connectivity index (χ0v) is 42.2. The maximum Gasteiger partial charge on any atom is 0.162 e. The molecule has 0 fully saturated rings. The van der Waals surface area contributed by atoms with Crippen LogP contribution >= 0.6 is 0 Å². The van der Waals surface area contributed by atoms with Gasteiger partial charge in [-0.05, 0) is 76.6 Å². The zero-order chi connectivity index (χ0) is 50.3. The SMILES string of the molecule is CC(C)c1ccc(N(c2cccc3c2oc2c(-c4ccccc4)cccc23)c2c3ccccc3c(N(c3ccc(C(C)C)cc3)c3cccc4c3oc3c(-c5ccccc5)cccc34)c3c2oc2ccccc23)cc1. The molecule has 0 aliphatic carbocycles. The lowest BCUT2D eigenvalue weighted by atomic mass is 9.96. The van der Waals surface area contributed by atoms with E-state index in [1.165, 1.54) is 11.1 Å². The number of nitrogens with zero attached hydrogens (tertiary/aromatic N) is 2. The Morgan fingerprint density at radius 2 is 0.680 bits per heavy atom. The van der Waals surface area contributed by atoms with Crippen molar-refractivity contribution in [3.05, 3.63) is 242 Å². The zero-order valence-electron chi connectivity index (χ0n) is 42.2. The Morgan fingerprint density at radius 1 is 0.293 bits per heavy atom. The van der Waals surface area contributed by atoms with Gasteiger partial charge in [0.2, 0.25) is 0 Å². The summed E-state index contributed by atoms with van der Waals surface area (Å²) in [4.78, 5) is 4.79. The van der Waals surface area contributed by atoms with E-state index in [2.05, 4.69) is 268 Å². The predicted molar refractivity (Wildman–Crippen MR) is 314 cm³/mol. The summed E-state index contributed by atoms with van der Waals surface area (Å²) in [5.74, 6) is 0.709. The minimum Gasteiger partial charge on any atom is -0.454 e. The predicted octanol–water partition coefficient (Wildman–Crippen LogP) is 21.1. The third-order valence-electron chi connectivity index (χ3n) is 15.2. The van der Waals surface area contributed by atoms with Gasteiger partial charge in [0.1, 0.15) is 16.7 Å². The lowest BCUT2D eigenvalue weighted by molar-refractivity contribution is 0.667. The van der Waals surface area contributed by atoms with Gasteiger partial charge in [-0.3, -0.25) is 0 Å². The van der Waals surface area contributed by atoms with Gasteiger partial charge in [-0.1, -0.05) is 216 Å². The Labute approximate surface area is 435 Å². The van der Waals surface area contributed by atoms with Crippen molar-refractivity contribution < 1.29 is 13.3 Å². The number of rotatable bonds is 10. The highest BCUT2D eigenvalue weighted by atomic mass is 16.3. The van der Waals surface area contributed by atoms with E-state index >= 15 is 0 Å². The molecule has 0 saturated heterocycles. The van der Waals surface area contributed by atoms with E-state index in [-0.39, 0.29) is 0 Å². The number of furan rings is 3. The molecule has 5 nitrogen and oxygen atoms in total. The first-order chi connectivity index (χ1) is 36.9. The highest BCUT2D eigenvalue weighted by Crippen LogP contribution is 2.56. The van der Waals surface area contributed by atoms with Gasteiger partial charge in [0, 0.05) is 60.2 Å². The second kappa shape index (κ2) is 17.7. The summed E-state index contributed by atoms with van der Waals surface area (Å²) in [6.07, 6.45) is 0. The second-order valence-corrected chi connectivity index (χ2v) is 20.3. The van der Waals surface area contributed by atoms with Gasteiger partial charge in [0.05, 0.1) is 28.1 Å². The van der Waals surface area contributed by atoms with Crippen molar-refractivity contribution in [1.82, 2.24) is 0 Å². The number of fused-ring (bicyclic) bond motifs is 10. The molecular formula is C70H52N2O3. The van der Waals surface area contributed by atoms with Crippen LogP contribution in [0.3, 0.4) is 0 Å². The fraction of sp³-hybridized carbons (Fsp3) is 0.0857. The molecule has 5 heteroatoms. The number of anilines is 6. The maximum atomic E-state index is 7.42. The number of benzene rings is 11. The molecule has 3 aromatic heterocycles. The smallest absolute Gasteiger partial charge is 0.162 e. The molecule has 0 aliphatic rings. The summed E-state index contributed by atoms with van der Waals surface area (Å²) in [6, 6.07) is 82.4. The van der Waals surface area contributed by atoms with Gasteiger partial charge in [0.25, 0.3) is 0 Å². The largest absolute Gasteiger partial charge is 0.454 e. The molecule has 0 N–H and O–H groups in total. The third-order valence-corrected chi connectivity index (χ3v) is 15.2. The molecule has 14 rings (SSSR count). The number of para-hydroxylation sites is 5. The van der Waals surface area contributed by atoms with E-state index in [0.29, 0.717) is 11.8 Å². The van der Waals surface area contributed by atoms with E-state index in [1.807, 2.05) is 0 Å². The van der Waals surface area contributed by atoms with Crippen molar-refractivity contribution in [1.29, 1.82) is 0 Å². The minimum absolute atomic E-state index is 0.353. The van der Waals surface area contributed by atoms with Crippen LogP contribution in [0.4, 0.5) is 34.1 Å². The third kappa shape index (κ3) is 7.14. The van der Waals surface area contributed by atoms with Gasteiger partial charge in [-0.25, -0.2) is 0 Å². The van der Waals surface area contributed by atoms with Crippen LogP contribution in [0.1, 0.15) is 50.7 Å². The topological polar surface area (TPSA) is 45.9 Å². The van der Waals surface area contributed by atoms with E-state index in [1.54, 1.807) is 0 Å². The molecule has 0 unspecified atom stereocenters. The molecule has 0 amide bonds. The van der Waals surface area contributed by atoms with Gasteiger partial charge in [0.15, 0.2) is 16.7 Å². The lowest BCUT2D eigenvalue weighted by Gasteiger charge is -2.31. The fourth-order valence-corrected chi connectivity index (χ4v) is 11.5. The summed E-state index contributed by atoms with van der Waals surface area (Å²) < 4.78 is 21.9. The fourth-order valence-electron chi connectivity index (χ4n) is 11.5. The van der Waals surface area contributed by atoms with E-state index in [4.69, 9.17) is 13.3 Å². The molecular weight excluding hydrogens is 917 g/mol. The number of hydrogen-bond acceptors (Lipinski definition) is 5. The summed E-state index contributed by atoms with van der Waals surface area (Å²) >= 11 is 0. The average Bonchev–Trinajstić information content (AvgIpc) is 4.20. The van der Waals surface area contributed by atoms with Crippen LogP contribution in [0.25, 0.3) is 98.8 Å². The van der Waals surface area contributed by atoms with E-state index in [9.17, 15) is 0 Å². The molecule has 0 aliphatic heterocycles. The normalized spacial score (nSPS) is 12.0. The minimum atomic E-state index is 0.353. The van der Waals surface area contributed by atoms with E-state index < -0.39 is 0 Å². The van der Waals surface area contributed by atoms with Gasteiger partial charge in [-0.2, -0.15) is 0 Å². The number of hydrogen-bond donors (Lipinski definition) is 0.